The summed E-state index contributed by atoms with van der Waals surface area (Å²) in [6.45, 7) is 0. The first kappa shape index (κ1) is 20.4. The number of hydrogen-bond donors (Lipinski definition) is 0. The van der Waals surface area contributed by atoms with Crippen LogP contribution in [0.1, 0.15) is 0 Å². The lowest BCUT2D eigenvalue weighted by Gasteiger charge is -2.13. The maximum absolute atomic E-state index is 3.62. The maximum Gasteiger partial charge on any atom is 0.0192 e. The Bertz CT molecular complexity index is 1290. The third kappa shape index (κ3) is 3.80. The van der Waals surface area contributed by atoms with Crippen LogP contribution < -0.4 is 0 Å². The lowest BCUT2D eigenvalue weighted by molar-refractivity contribution is 1.57. The summed E-state index contributed by atoms with van der Waals surface area (Å²) in [6.07, 6.45) is 0. The molecule has 0 aliphatic heterocycles. The van der Waals surface area contributed by atoms with Crippen molar-refractivity contribution in [2.75, 3.05) is 0 Å². The fraction of sp³-hybridized carbons (Fsp3) is 0. The van der Waals surface area contributed by atoms with Crippen molar-refractivity contribution in [1.82, 2.24) is 0 Å². The van der Waals surface area contributed by atoms with Gasteiger partial charge >= 0.3 is 0 Å². The van der Waals surface area contributed by atoms with Crippen LogP contribution in [0.5, 0.6) is 0 Å². The molecule has 0 fully saturated rings. The Hall–Kier alpha value is -1.46. The van der Waals surface area contributed by atoms with Crippen molar-refractivity contribution in [3.63, 3.8) is 0 Å². The average molecular weight is 646 g/mol. The summed E-state index contributed by atoms with van der Waals surface area (Å²) in [4.78, 5) is 0. The highest BCUT2D eigenvalue weighted by atomic mass is 79.9. The molecule has 0 radical (unpaired) electrons. The molecule has 0 saturated carbocycles. The van der Waals surface area contributed by atoms with Crippen molar-refractivity contribution in [3.05, 3.63) is 103 Å². The molecule has 0 atom stereocenters. The molecule has 5 aromatic carbocycles. The summed E-state index contributed by atoms with van der Waals surface area (Å²) < 4.78 is 4.25. The van der Waals surface area contributed by atoms with Gasteiger partial charge in [0.05, 0.1) is 0 Å². The van der Waals surface area contributed by atoms with Crippen LogP contribution in [0, 0.1) is 0 Å². The highest BCUT2D eigenvalue weighted by Gasteiger charge is 2.11. The molecule has 0 heterocycles. The minimum atomic E-state index is 1.06. The number of halogens is 4. The molecule has 5 aromatic rings. The summed E-state index contributed by atoms with van der Waals surface area (Å²) in [7, 11) is 0. The predicted molar refractivity (Wildman–Crippen MR) is 143 cm³/mol. The first-order chi connectivity index (χ1) is 14.5. The third-order valence-corrected chi connectivity index (χ3v) is 7.10. The number of fused-ring (bicyclic) bond motifs is 3. The normalized spacial score (nSPS) is 11.3. The molecule has 146 valence electrons. The Kier molecular flexibility index (Phi) is 5.61. The molecule has 0 spiro atoms. The van der Waals surface area contributed by atoms with Gasteiger partial charge in [-0.15, -0.1) is 0 Å². The predicted octanol–water partition coefficient (Wildman–Crippen LogP) is 10.4. The number of benzene rings is 5. The number of rotatable bonds is 2. The zero-order valence-electron chi connectivity index (χ0n) is 15.6. The minimum absolute atomic E-state index is 1.06. The molecule has 0 aliphatic carbocycles. The first-order valence-corrected chi connectivity index (χ1v) is 12.5. The van der Waals surface area contributed by atoms with Gasteiger partial charge in [-0.3, -0.25) is 0 Å². The molecule has 5 rings (SSSR count). The van der Waals surface area contributed by atoms with Gasteiger partial charge in [-0.05, 0) is 80.2 Å². The van der Waals surface area contributed by atoms with E-state index >= 15 is 0 Å². The molecule has 0 aliphatic rings. The van der Waals surface area contributed by atoms with E-state index < -0.39 is 0 Å². The van der Waals surface area contributed by atoms with Crippen LogP contribution >= 0.6 is 63.7 Å². The lowest BCUT2D eigenvalue weighted by atomic mass is 9.91. The fourth-order valence-electron chi connectivity index (χ4n) is 4.05. The Morgan fingerprint density at radius 3 is 1.10 bits per heavy atom. The average Bonchev–Trinajstić information content (AvgIpc) is 2.71. The van der Waals surface area contributed by atoms with Gasteiger partial charge in [0.1, 0.15) is 0 Å². The van der Waals surface area contributed by atoms with Crippen LogP contribution in [0.25, 0.3) is 43.8 Å². The van der Waals surface area contributed by atoms with Gasteiger partial charge < -0.3 is 0 Å². The van der Waals surface area contributed by atoms with Gasteiger partial charge in [-0.2, -0.15) is 0 Å². The molecule has 0 amide bonds. The molecular weight excluding hydrogens is 632 g/mol. The Labute approximate surface area is 208 Å². The van der Waals surface area contributed by atoms with Gasteiger partial charge in [-0.25, -0.2) is 0 Å². The van der Waals surface area contributed by atoms with Gasteiger partial charge in [0, 0.05) is 17.9 Å². The van der Waals surface area contributed by atoms with E-state index in [4.69, 9.17) is 0 Å². The van der Waals surface area contributed by atoms with Crippen molar-refractivity contribution in [1.29, 1.82) is 0 Å². The van der Waals surface area contributed by atoms with Crippen LogP contribution in [-0.2, 0) is 0 Å². The van der Waals surface area contributed by atoms with Crippen molar-refractivity contribution < 1.29 is 0 Å². The summed E-state index contributed by atoms with van der Waals surface area (Å²) in [6, 6.07) is 30.4. The van der Waals surface area contributed by atoms with E-state index in [2.05, 4.69) is 149 Å². The summed E-state index contributed by atoms with van der Waals surface area (Å²) in [5.41, 5.74) is 4.83. The van der Waals surface area contributed by atoms with E-state index in [-0.39, 0.29) is 0 Å². The second-order valence-electron chi connectivity index (χ2n) is 7.18. The molecule has 0 N–H and O–H groups in total. The van der Waals surface area contributed by atoms with E-state index in [0.717, 1.165) is 17.9 Å². The largest absolute Gasteiger partial charge is 0.0610 e. The highest BCUT2D eigenvalue weighted by molar-refractivity contribution is 9.11. The van der Waals surface area contributed by atoms with Crippen LogP contribution in [0.2, 0.25) is 0 Å². The van der Waals surface area contributed by atoms with E-state index in [9.17, 15) is 0 Å². The van der Waals surface area contributed by atoms with Crippen LogP contribution in [0.3, 0.4) is 0 Å². The Morgan fingerprint density at radius 1 is 0.367 bits per heavy atom. The summed E-state index contributed by atoms with van der Waals surface area (Å²) in [5, 5.41) is 5.03. The smallest absolute Gasteiger partial charge is 0.0192 e. The van der Waals surface area contributed by atoms with E-state index in [1.807, 2.05) is 0 Å². The summed E-state index contributed by atoms with van der Waals surface area (Å²) >= 11 is 14.5. The molecule has 30 heavy (non-hydrogen) atoms. The quantitative estimate of drug-likeness (QED) is 0.168. The SMILES string of the molecule is Brc1cc(Br)cc(-c2cccc3c2ccc2c(-c4cc(Br)cc(Br)c4)cccc23)c1. The molecule has 0 unspecified atom stereocenters. The fourth-order valence-corrected chi connectivity index (χ4v) is 6.64. The molecule has 0 saturated heterocycles. The second kappa shape index (κ2) is 8.23. The van der Waals surface area contributed by atoms with Crippen molar-refractivity contribution in [2.24, 2.45) is 0 Å². The van der Waals surface area contributed by atoms with Gasteiger partial charge in [0.15, 0.2) is 0 Å². The first-order valence-electron chi connectivity index (χ1n) is 9.37. The molecule has 0 bridgehead atoms. The zero-order chi connectivity index (χ0) is 20.8. The van der Waals surface area contributed by atoms with E-state index in [1.165, 1.54) is 43.8 Å². The van der Waals surface area contributed by atoms with Gasteiger partial charge in [0.25, 0.3) is 0 Å². The molecule has 0 aromatic heterocycles. The minimum Gasteiger partial charge on any atom is -0.0610 e. The van der Waals surface area contributed by atoms with Crippen molar-refractivity contribution >= 4 is 85.3 Å². The van der Waals surface area contributed by atoms with Crippen LogP contribution in [0.4, 0.5) is 0 Å². The van der Waals surface area contributed by atoms with Crippen molar-refractivity contribution in [2.45, 2.75) is 0 Å². The van der Waals surface area contributed by atoms with Gasteiger partial charge in [-0.1, -0.05) is 112 Å². The maximum atomic E-state index is 3.62. The van der Waals surface area contributed by atoms with Crippen molar-refractivity contribution in [3.8, 4) is 22.3 Å². The standard InChI is InChI=1S/C26H14Br4/c27-17-9-15(10-18(28)13-17)21-3-1-5-23-24-6-2-4-22(26(24)8-7-25(21)23)16-11-19(29)14-20(30)12-16/h1-14H. The van der Waals surface area contributed by atoms with E-state index in [1.54, 1.807) is 0 Å². The van der Waals surface area contributed by atoms with Crippen LogP contribution in [0.15, 0.2) is 103 Å². The Morgan fingerprint density at radius 2 is 0.733 bits per heavy atom. The zero-order valence-corrected chi connectivity index (χ0v) is 21.9. The Balaban J connectivity index is 1.79. The van der Waals surface area contributed by atoms with Crippen LogP contribution in [-0.4, -0.2) is 0 Å². The summed E-state index contributed by atoms with van der Waals surface area (Å²) in [5.74, 6) is 0. The van der Waals surface area contributed by atoms with Gasteiger partial charge in [0.2, 0.25) is 0 Å². The third-order valence-electron chi connectivity index (χ3n) is 5.27. The molecule has 0 nitrogen and oxygen atoms in total. The van der Waals surface area contributed by atoms with E-state index in [0.29, 0.717) is 0 Å². The highest BCUT2D eigenvalue weighted by Crippen LogP contribution is 2.39. The lowest BCUT2D eigenvalue weighted by Crippen LogP contribution is -1.87. The molecule has 4 heteroatoms. The monoisotopic (exact) mass is 642 g/mol. The second-order valence-corrected chi connectivity index (χ2v) is 10.8. The number of hydrogen-bond acceptors (Lipinski definition) is 0. The molecular formula is C26H14Br4. The topological polar surface area (TPSA) is 0 Å².